The molecule has 0 saturated carbocycles. The summed E-state index contributed by atoms with van der Waals surface area (Å²) in [6.07, 6.45) is 4.07. The molecule has 3 rings (SSSR count). The first-order valence-electron chi connectivity index (χ1n) is 8.32. The highest BCUT2D eigenvalue weighted by atomic mass is 16.5. The first-order valence-corrected chi connectivity index (χ1v) is 8.32. The van der Waals surface area contributed by atoms with Crippen molar-refractivity contribution in [3.63, 3.8) is 0 Å². The SMILES string of the molecule is COc1ncccc1C(=O)Nc1ccc(N2CCC(C)CC2)cc1. The lowest BCUT2D eigenvalue weighted by molar-refractivity contribution is 0.102. The van der Waals surface area contributed by atoms with Crippen LogP contribution in [0.3, 0.4) is 0 Å². The number of anilines is 2. The quantitative estimate of drug-likeness (QED) is 0.933. The Morgan fingerprint density at radius 1 is 1.21 bits per heavy atom. The van der Waals surface area contributed by atoms with Crippen LogP contribution < -0.4 is 15.0 Å². The Labute approximate surface area is 142 Å². The van der Waals surface area contributed by atoms with Gasteiger partial charge in [0.2, 0.25) is 5.88 Å². The third kappa shape index (κ3) is 3.67. The average molecular weight is 325 g/mol. The van der Waals surface area contributed by atoms with E-state index in [0.717, 1.165) is 24.7 Å². The van der Waals surface area contributed by atoms with Crippen LogP contribution in [0.4, 0.5) is 11.4 Å². The van der Waals surface area contributed by atoms with Crippen molar-refractivity contribution < 1.29 is 9.53 Å². The van der Waals surface area contributed by atoms with Crippen molar-refractivity contribution >= 4 is 17.3 Å². The monoisotopic (exact) mass is 325 g/mol. The minimum absolute atomic E-state index is 0.223. The number of methoxy groups -OCH3 is 1. The Kier molecular flexibility index (Phi) is 4.99. The standard InChI is InChI=1S/C19H23N3O2/c1-14-9-12-22(13-10-14)16-7-5-15(6-8-16)21-18(23)17-4-3-11-20-19(17)24-2/h3-8,11,14H,9-10,12-13H2,1-2H3,(H,21,23). The van der Waals surface area contributed by atoms with Gasteiger partial charge in [-0.25, -0.2) is 4.98 Å². The summed E-state index contributed by atoms with van der Waals surface area (Å²) in [5, 5.41) is 2.89. The van der Waals surface area contributed by atoms with Crippen LogP contribution in [0.5, 0.6) is 5.88 Å². The van der Waals surface area contributed by atoms with Gasteiger partial charge in [-0.3, -0.25) is 4.79 Å². The van der Waals surface area contributed by atoms with E-state index in [-0.39, 0.29) is 5.91 Å². The normalized spacial score (nSPS) is 15.2. The minimum Gasteiger partial charge on any atom is -0.480 e. The molecule has 1 aromatic carbocycles. The highest BCUT2D eigenvalue weighted by Crippen LogP contribution is 2.24. The van der Waals surface area contributed by atoms with Crippen molar-refractivity contribution in [2.45, 2.75) is 19.8 Å². The van der Waals surface area contributed by atoms with E-state index < -0.39 is 0 Å². The molecule has 5 heteroatoms. The zero-order chi connectivity index (χ0) is 16.9. The lowest BCUT2D eigenvalue weighted by Gasteiger charge is -2.32. The number of nitrogens with zero attached hydrogens (tertiary/aromatic N) is 2. The lowest BCUT2D eigenvalue weighted by Crippen LogP contribution is -2.32. The number of nitrogens with one attached hydrogen (secondary N) is 1. The van der Waals surface area contributed by atoms with Crippen molar-refractivity contribution in [1.29, 1.82) is 0 Å². The van der Waals surface area contributed by atoms with Crippen LogP contribution in [0.15, 0.2) is 42.6 Å². The zero-order valence-electron chi connectivity index (χ0n) is 14.2. The van der Waals surface area contributed by atoms with Crippen LogP contribution in [0, 0.1) is 5.92 Å². The van der Waals surface area contributed by atoms with Gasteiger partial charge in [0.15, 0.2) is 0 Å². The Morgan fingerprint density at radius 3 is 2.58 bits per heavy atom. The van der Waals surface area contributed by atoms with Gasteiger partial charge in [-0.1, -0.05) is 6.92 Å². The van der Waals surface area contributed by atoms with Gasteiger partial charge in [-0.05, 0) is 55.2 Å². The van der Waals surface area contributed by atoms with Gasteiger partial charge in [-0.2, -0.15) is 0 Å². The number of hydrogen-bond donors (Lipinski definition) is 1. The van der Waals surface area contributed by atoms with Crippen LogP contribution in [0.2, 0.25) is 0 Å². The van der Waals surface area contributed by atoms with E-state index in [0.29, 0.717) is 11.4 Å². The number of amides is 1. The molecule has 0 atom stereocenters. The summed E-state index contributed by atoms with van der Waals surface area (Å²) in [4.78, 5) is 18.8. The Balaban J connectivity index is 1.67. The van der Waals surface area contributed by atoms with Crippen molar-refractivity contribution in [1.82, 2.24) is 4.98 Å². The Hall–Kier alpha value is -2.56. The van der Waals surface area contributed by atoms with Crippen LogP contribution >= 0.6 is 0 Å². The van der Waals surface area contributed by atoms with Crippen LogP contribution in [0.1, 0.15) is 30.1 Å². The number of carbonyl (C=O) groups is 1. The minimum atomic E-state index is -0.223. The summed E-state index contributed by atoms with van der Waals surface area (Å²) in [6.45, 7) is 4.50. The van der Waals surface area contributed by atoms with Gasteiger partial charge in [0.05, 0.1) is 7.11 Å². The molecule has 1 fully saturated rings. The molecular weight excluding hydrogens is 302 g/mol. The predicted molar refractivity (Wildman–Crippen MR) is 95.8 cm³/mol. The first-order chi connectivity index (χ1) is 11.7. The molecule has 0 aliphatic carbocycles. The topological polar surface area (TPSA) is 54.5 Å². The fraction of sp³-hybridized carbons (Fsp3) is 0.368. The molecule has 1 aliphatic heterocycles. The van der Waals surface area contributed by atoms with Crippen LogP contribution in [-0.2, 0) is 0 Å². The number of pyridine rings is 1. The third-order valence-electron chi connectivity index (χ3n) is 4.48. The number of hydrogen-bond acceptors (Lipinski definition) is 4. The van der Waals surface area contributed by atoms with Crippen LogP contribution in [-0.4, -0.2) is 31.1 Å². The molecule has 0 unspecified atom stereocenters. The summed E-state index contributed by atoms with van der Waals surface area (Å²) in [7, 11) is 1.51. The highest BCUT2D eigenvalue weighted by Gasteiger charge is 2.16. The number of aromatic nitrogens is 1. The van der Waals surface area contributed by atoms with Gasteiger partial charge < -0.3 is 15.0 Å². The molecular formula is C19H23N3O2. The number of carbonyl (C=O) groups excluding carboxylic acids is 1. The molecule has 2 aromatic rings. The molecule has 0 spiro atoms. The smallest absolute Gasteiger partial charge is 0.261 e. The first kappa shape index (κ1) is 16.3. The van der Waals surface area contributed by atoms with Crippen molar-refractivity contribution in [2.75, 3.05) is 30.4 Å². The summed E-state index contributed by atoms with van der Waals surface area (Å²) in [5.74, 6) is 0.919. The highest BCUT2D eigenvalue weighted by molar-refractivity contribution is 6.05. The maximum absolute atomic E-state index is 12.4. The largest absolute Gasteiger partial charge is 0.480 e. The maximum Gasteiger partial charge on any atom is 0.261 e. The van der Waals surface area contributed by atoms with E-state index in [1.54, 1.807) is 18.3 Å². The lowest BCUT2D eigenvalue weighted by atomic mass is 9.99. The van der Waals surface area contributed by atoms with Gasteiger partial charge >= 0.3 is 0 Å². The van der Waals surface area contributed by atoms with E-state index in [1.807, 2.05) is 12.1 Å². The molecule has 1 N–H and O–H groups in total. The third-order valence-corrected chi connectivity index (χ3v) is 4.48. The van der Waals surface area contributed by atoms with Gasteiger partial charge in [0, 0.05) is 30.7 Å². The van der Waals surface area contributed by atoms with E-state index >= 15 is 0 Å². The molecule has 1 aromatic heterocycles. The summed E-state index contributed by atoms with van der Waals surface area (Å²) < 4.78 is 5.13. The van der Waals surface area contributed by atoms with Crippen molar-refractivity contribution in [3.8, 4) is 5.88 Å². The van der Waals surface area contributed by atoms with Gasteiger partial charge in [0.25, 0.3) is 5.91 Å². The Morgan fingerprint density at radius 2 is 1.92 bits per heavy atom. The van der Waals surface area contributed by atoms with E-state index in [9.17, 15) is 4.79 Å². The summed E-state index contributed by atoms with van der Waals surface area (Å²) in [6, 6.07) is 11.4. The van der Waals surface area contributed by atoms with E-state index in [4.69, 9.17) is 4.74 Å². The zero-order valence-corrected chi connectivity index (χ0v) is 14.2. The van der Waals surface area contributed by atoms with Crippen molar-refractivity contribution in [2.24, 2.45) is 5.92 Å². The number of benzene rings is 1. The second kappa shape index (κ2) is 7.34. The fourth-order valence-corrected chi connectivity index (χ4v) is 2.95. The second-order valence-electron chi connectivity index (χ2n) is 6.23. The fourth-order valence-electron chi connectivity index (χ4n) is 2.95. The molecule has 24 heavy (non-hydrogen) atoms. The molecule has 5 nitrogen and oxygen atoms in total. The van der Waals surface area contributed by atoms with E-state index in [2.05, 4.69) is 34.3 Å². The molecule has 2 heterocycles. The molecule has 0 radical (unpaired) electrons. The molecule has 1 aliphatic rings. The van der Waals surface area contributed by atoms with Crippen LogP contribution in [0.25, 0.3) is 0 Å². The van der Waals surface area contributed by atoms with E-state index in [1.165, 1.54) is 25.6 Å². The summed E-state index contributed by atoms with van der Waals surface area (Å²) >= 11 is 0. The summed E-state index contributed by atoms with van der Waals surface area (Å²) in [5.41, 5.74) is 2.40. The number of rotatable bonds is 4. The molecule has 0 bridgehead atoms. The number of ether oxygens (including phenoxy) is 1. The van der Waals surface area contributed by atoms with Crippen molar-refractivity contribution in [3.05, 3.63) is 48.2 Å². The maximum atomic E-state index is 12.4. The van der Waals surface area contributed by atoms with Gasteiger partial charge in [0.1, 0.15) is 5.56 Å². The molecule has 1 saturated heterocycles. The second-order valence-corrected chi connectivity index (χ2v) is 6.23. The average Bonchev–Trinajstić information content (AvgIpc) is 2.63. The van der Waals surface area contributed by atoms with Gasteiger partial charge in [-0.15, -0.1) is 0 Å². The predicted octanol–water partition coefficient (Wildman–Crippen LogP) is 3.58. The molecule has 126 valence electrons. The Bertz CT molecular complexity index is 692. The number of piperidine rings is 1. The molecule has 1 amide bonds.